The number of anilines is 2. The number of nitro groups is 1. The van der Waals surface area contributed by atoms with Crippen LogP contribution >= 0.6 is 11.6 Å². The first-order chi connectivity index (χ1) is 16.0. The van der Waals surface area contributed by atoms with E-state index in [0.717, 1.165) is 31.5 Å². The van der Waals surface area contributed by atoms with Crippen LogP contribution < -0.4 is 10.2 Å². The predicted octanol–water partition coefficient (Wildman–Crippen LogP) is 5.91. The monoisotopic (exact) mass is 462 g/mol. The van der Waals surface area contributed by atoms with Gasteiger partial charge in [0.25, 0.3) is 11.6 Å². The van der Waals surface area contributed by atoms with E-state index in [4.69, 9.17) is 16.0 Å². The quantitative estimate of drug-likeness (QED) is 0.292. The number of hydrogen-bond acceptors (Lipinski definition) is 6. The average molecular weight is 463 g/mol. The van der Waals surface area contributed by atoms with Crippen LogP contribution in [0.25, 0.3) is 22.6 Å². The van der Waals surface area contributed by atoms with E-state index in [1.165, 1.54) is 6.07 Å². The largest absolute Gasteiger partial charge is 0.436 e. The van der Waals surface area contributed by atoms with Crippen LogP contribution in [0.1, 0.15) is 23.2 Å². The van der Waals surface area contributed by atoms with Crippen LogP contribution in [0, 0.1) is 10.1 Å². The number of carbonyl (C=O) groups excluding carboxylic acids is 1. The van der Waals surface area contributed by atoms with Gasteiger partial charge in [0.1, 0.15) is 11.2 Å². The average Bonchev–Trinajstić information content (AvgIpc) is 3.48. The number of fused-ring (bicyclic) bond motifs is 1. The lowest BCUT2D eigenvalue weighted by Gasteiger charge is -2.17. The van der Waals surface area contributed by atoms with Crippen molar-refractivity contribution in [2.75, 3.05) is 23.3 Å². The van der Waals surface area contributed by atoms with Crippen LogP contribution in [0.4, 0.5) is 17.1 Å². The molecule has 33 heavy (non-hydrogen) atoms. The van der Waals surface area contributed by atoms with Gasteiger partial charge in [-0.1, -0.05) is 17.7 Å². The Morgan fingerprint density at radius 3 is 2.67 bits per heavy atom. The van der Waals surface area contributed by atoms with Gasteiger partial charge in [-0.2, -0.15) is 0 Å². The fraction of sp³-hybridized carbons (Fsp3) is 0.167. The maximum absolute atomic E-state index is 12.8. The first-order valence-electron chi connectivity index (χ1n) is 10.5. The molecule has 0 spiro atoms. The van der Waals surface area contributed by atoms with Gasteiger partial charge in [0.05, 0.1) is 4.92 Å². The number of rotatable bonds is 5. The maximum Gasteiger partial charge on any atom is 0.293 e. The zero-order valence-electron chi connectivity index (χ0n) is 17.5. The van der Waals surface area contributed by atoms with E-state index in [2.05, 4.69) is 10.3 Å². The van der Waals surface area contributed by atoms with Crippen molar-refractivity contribution in [1.29, 1.82) is 0 Å². The van der Waals surface area contributed by atoms with Gasteiger partial charge in [0.2, 0.25) is 5.89 Å². The van der Waals surface area contributed by atoms with Gasteiger partial charge < -0.3 is 14.6 Å². The first kappa shape index (κ1) is 21.0. The van der Waals surface area contributed by atoms with Crippen LogP contribution in [-0.4, -0.2) is 28.9 Å². The second kappa shape index (κ2) is 8.55. The summed E-state index contributed by atoms with van der Waals surface area (Å²) in [6, 6.07) is 16.9. The molecule has 5 rings (SSSR count). The molecule has 0 radical (unpaired) electrons. The number of aromatic nitrogens is 1. The first-order valence-corrected chi connectivity index (χ1v) is 10.9. The molecule has 4 aromatic rings. The molecular weight excluding hydrogens is 444 g/mol. The van der Waals surface area contributed by atoms with Crippen LogP contribution in [0.15, 0.2) is 65.1 Å². The second-order valence-corrected chi connectivity index (χ2v) is 8.26. The Labute approximate surface area is 193 Å². The number of nitrogens with zero attached hydrogens (tertiary/aromatic N) is 3. The summed E-state index contributed by atoms with van der Waals surface area (Å²) in [5, 5.41) is 15.0. The molecule has 1 N–H and O–H groups in total. The smallest absolute Gasteiger partial charge is 0.293 e. The molecule has 0 aliphatic carbocycles. The van der Waals surface area contributed by atoms with Crippen LogP contribution in [0.3, 0.4) is 0 Å². The Morgan fingerprint density at radius 1 is 1.09 bits per heavy atom. The Balaban J connectivity index is 1.39. The Kier molecular flexibility index (Phi) is 5.43. The lowest BCUT2D eigenvalue weighted by molar-refractivity contribution is -0.384. The molecule has 1 fully saturated rings. The number of amides is 1. The van der Waals surface area contributed by atoms with Gasteiger partial charge in [-0.3, -0.25) is 14.9 Å². The molecule has 0 atom stereocenters. The third kappa shape index (κ3) is 4.25. The Morgan fingerprint density at radius 2 is 1.91 bits per heavy atom. The summed E-state index contributed by atoms with van der Waals surface area (Å²) in [6.07, 6.45) is 2.01. The fourth-order valence-corrected chi connectivity index (χ4v) is 4.18. The lowest BCUT2D eigenvalue weighted by atomic mass is 10.1. The molecule has 166 valence electrons. The Bertz CT molecular complexity index is 1380. The number of nitro benzene ring substituents is 1. The molecule has 0 bridgehead atoms. The second-order valence-electron chi connectivity index (χ2n) is 7.82. The van der Waals surface area contributed by atoms with Crippen molar-refractivity contribution >= 4 is 45.7 Å². The van der Waals surface area contributed by atoms with Crippen molar-refractivity contribution in [3.8, 4) is 11.5 Å². The Hall–Kier alpha value is -3.91. The molecule has 0 unspecified atom stereocenters. The van der Waals surface area contributed by atoms with Gasteiger partial charge in [0.15, 0.2) is 5.58 Å². The SMILES string of the molecule is O=C(Nc1ccc2oc(-c3cccc(Cl)c3)nc2c1)c1ccc(N2CCCC2)c([N+](=O)[O-])c1. The van der Waals surface area contributed by atoms with Crippen molar-refractivity contribution in [3.05, 3.63) is 81.4 Å². The molecular formula is C24H19ClN4O4. The lowest BCUT2D eigenvalue weighted by Crippen LogP contribution is -2.19. The number of nitrogens with one attached hydrogen (secondary N) is 1. The molecule has 1 aromatic heterocycles. The highest BCUT2D eigenvalue weighted by atomic mass is 35.5. The van der Waals surface area contributed by atoms with E-state index in [1.807, 2.05) is 17.0 Å². The zero-order valence-corrected chi connectivity index (χ0v) is 18.2. The molecule has 8 nitrogen and oxygen atoms in total. The van der Waals surface area contributed by atoms with E-state index in [1.54, 1.807) is 42.5 Å². The van der Waals surface area contributed by atoms with E-state index >= 15 is 0 Å². The summed E-state index contributed by atoms with van der Waals surface area (Å²) in [6.45, 7) is 1.56. The molecule has 1 amide bonds. The maximum atomic E-state index is 12.8. The van der Waals surface area contributed by atoms with Gasteiger partial charge in [-0.25, -0.2) is 4.98 Å². The molecule has 9 heteroatoms. The van der Waals surface area contributed by atoms with Crippen molar-refractivity contribution in [2.45, 2.75) is 12.8 Å². The minimum Gasteiger partial charge on any atom is -0.436 e. The molecule has 1 saturated heterocycles. The van der Waals surface area contributed by atoms with E-state index < -0.39 is 10.8 Å². The number of benzene rings is 3. The van der Waals surface area contributed by atoms with Gasteiger partial charge in [-0.15, -0.1) is 0 Å². The summed E-state index contributed by atoms with van der Waals surface area (Å²) in [5.74, 6) is -0.0203. The third-order valence-corrected chi connectivity index (χ3v) is 5.83. The van der Waals surface area contributed by atoms with E-state index in [9.17, 15) is 14.9 Å². The number of carbonyl (C=O) groups is 1. The van der Waals surface area contributed by atoms with E-state index in [-0.39, 0.29) is 11.3 Å². The summed E-state index contributed by atoms with van der Waals surface area (Å²) in [4.78, 5) is 30.5. The fourth-order valence-electron chi connectivity index (χ4n) is 3.99. The van der Waals surface area contributed by atoms with Gasteiger partial charge in [0, 0.05) is 41.0 Å². The highest BCUT2D eigenvalue weighted by molar-refractivity contribution is 6.30. The summed E-state index contributed by atoms with van der Waals surface area (Å²) in [5.41, 5.74) is 3.07. The molecule has 1 aliphatic heterocycles. The summed E-state index contributed by atoms with van der Waals surface area (Å²) in [7, 11) is 0. The normalized spacial score (nSPS) is 13.4. The third-order valence-electron chi connectivity index (χ3n) is 5.60. The van der Waals surface area contributed by atoms with Crippen molar-refractivity contribution in [2.24, 2.45) is 0 Å². The van der Waals surface area contributed by atoms with E-state index in [0.29, 0.717) is 33.4 Å². The minimum absolute atomic E-state index is 0.0670. The van der Waals surface area contributed by atoms with Crippen LogP contribution in [0.2, 0.25) is 5.02 Å². The number of hydrogen-bond donors (Lipinski definition) is 1. The highest BCUT2D eigenvalue weighted by Crippen LogP contribution is 2.32. The van der Waals surface area contributed by atoms with Crippen LogP contribution in [0.5, 0.6) is 0 Å². The van der Waals surface area contributed by atoms with Crippen molar-refractivity contribution in [3.63, 3.8) is 0 Å². The standard InChI is InChI=1S/C24H19ClN4O4/c25-17-5-3-4-16(12-17)24-27-19-14-18(7-9-22(19)33-24)26-23(30)15-6-8-20(21(13-15)29(31)32)28-10-1-2-11-28/h3-9,12-14H,1-2,10-11H2,(H,26,30). The van der Waals surface area contributed by atoms with Crippen LogP contribution in [-0.2, 0) is 0 Å². The highest BCUT2D eigenvalue weighted by Gasteiger charge is 2.24. The molecule has 2 heterocycles. The number of oxazole rings is 1. The topological polar surface area (TPSA) is 102 Å². The molecule has 0 saturated carbocycles. The van der Waals surface area contributed by atoms with Crippen molar-refractivity contribution < 1.29 is 14.1 Å². The molecule has 1 aliphatic rings. The zero-order chi connectivity index (χ0) is 22.9. The minimum atomic E-state index is -0.441. The molecule has 3 aromatic carbocycles. The van der Waals surface area contributed by atoms with Crippen molar-refractivity contribution in [1.82, 2.24) is 4.98 Å². The van der Waals surface area contributed by atoms with Gasteiger partial charge >= 0.3 is 0 Å². The summed E-state index contributed by atoms with van der Waals surface area (Å²) >= 11 is 6.05. The predicted molar refractivity (Wildman–Crippen MR) is 127 cm³/mol. The summed E-state index contributed by atoms with van der Waals surface area (Å²) < 4.78 is 5.80. The number of halogens is 1. The van der Waals surface area contributed by atoms with Gasteiger partial charge in [-0.05, 0) is 61.4 Å².